The first kappa shape index (κ1) is 16.1. The predicted molar refractivity (Wildman–Crippen MR) is 86.7 cm³/mol. The van der Waals surface area contributed by atoms with E-state index in [4.69, 9.17) is 0 Å². The first-order valence-corrected chi connectivity index (χ1v) is 8.60. The van der Waals surface area contributed by atoms with Gasteiger partial charge < -0.3 is 5.32 Å². The second kappa shape index (κ2) is 7.66. The Morgan fingerprint density at radius 2 is 2.05 bits per heavy atom. The minimum absolute atomic E-state index is 0.275. The molecule has 21 heavy (non-hydrogen) atoms. The molecule has 0 aliphatic carbocycles. The third-order valence-corrected chi connectivity index (χ3v) is 4.56. The lowest BCUT2D eigenvalue weighted by atomic mass is 10.1. The van der Waals surface area contributed by atoms with Crippen molar-refractivity contribution < 1.29 is 0 Å². The second-order valence-electron chi connectivity index (χ2n) is 5.05. The number of nitrogens with zero attached hydrogens (tertiary/aromatic N) is 4. The molecular formula is C15H25N5S. The molecule has 1 unspecified atom stereocenters. The summed E-state index contributed by atoms with van der Waals surface area (Å²) in [6.45, 7) is 10.4. The van der Waals surface area contributed by atoms with Gasteiger partial charge in [-0.3, -0.25) is 4.68 Å². The van der Waals surface area contributed by atoms with Gasteiger partial charge in [0, 0.05) is 18.7 Å². The first-order valence-electron chi connectivity index (χ1n) is 7.83. The summed E-state index contributed by atoms with van der Waals surface area (Å²) in [6.07, 6.45) is 2.85. The highest BCUT2D eigenvalue weighted by atomic mass is 32.1. The van der Waals surface area contributed by atoms with Crippen LogP contribution >= 0.6 is 11.5 Å². The van der Waals surface area contributed by atoms with E-state index < -0.39 is 0 Å². The molecule has 0 radical (unpaired) electrons. The number of aryl methyl sites for hydroxylation is 3. The molecule has 5 nitrogen and oxygen atoms in total. The summed E-state index contributed by atoms with van der Waals surface area (Å²) in [5.74, 6) is 0. The smallest absolute Gasteiger partial charge is 0.0801 e. The molecule has 0 spiro atoms. The zero-order valence-electron chi connectivity index (χ0n) is 13.4. The van der Waals surface area contributed by atoms with Crippen LogP contribution < -0.4 is 5.32 Å². The summed E-state index contributed by atoms with van der Waals surface area (Å²) in [6, 6.07) is 2.50. The lowest BCUT2D eigenvalue weighted by molar-refractivity contribution is 0.518. The molecule has 116 valence electrons. The van der Waals surface area contributed by atoms with E-state index in [1.54, 1.807) is 0 Å². The van der Waals surface area contributed by atoms with Gasteiger partial charge in [0.1, 0.15) is 0 Å². The number of hydrogen-bond acceptors (Lipinski definition) is 5. The summed E-state index contributed by atoms with van der Waals surface area (Å²) in [5.41, 5.74) is 3.57. The maximum Gasteiger partial charge on any atom is 0.0801 e. The zero-order valence-corrected chi connectivity index (χ0v) is 14.2. The van der Waals surface area contributed by atoms with Crippen LogP contribution in [-0.2, 0) is 25.8 Å². The molecular weight excluding hydrogens is 282 g/mol. The Kier molecular flexibility index (Phi) is 5.87. The Bertz CT molecular complexity index is 560. The van der Waals surface area contributed by atoms with Crippen molar-refractivity contribution in [1.82, 2.24) is 24.7 Å². The van der Waals surface area contributed by atoms with Gasteiger partial charge in [0.15, 0.2) is 0 Å². The van der Waals surface area contributed by atoms with Crippen molar-refractivity contribution >= 4 is 11.5 Å². The molecule has 0 aliphatic heterocycles. The second-order valence-corrected chi connectivity index (χ2v) is 5.83. The van der Waals surface area contributed by atoms with Gasteiger partial charge in [-0.2, -0.15) is 5.10 Å². The molecule has 1 N–H and O–H groups in total. The Hall–Kier alpha value is -1.27. The van der Waals surface area contributed by atoms with Gasteiger partial charge in [0.05, 0.1) is 22.3 Å². The number of nitrogens with one attached hydrogen (secondary N) is 1. The van der Waals surface area contributed by atoms with Crippen molar-refractivity contribution in [2.75, 3.05) is 6.54 Å². The SMILES string of the molecule is CCNC(Cc1cc(CC)nn1CC)c1snnc1CC. The van der Waals surface area contributed by atoms with Gasteiger partial charge in [-0.05, 0) is 43.9 Å². The lowest BCUT2D eigenvalue weighted by Crippen LogP contribution is -2.24. The van der Waals surface area contributed by atoms with Gasteiger partial charge >= 0.3 is 0 Å². The first-order chi connectivity index (χ1) is 10.2. The number of aromatic nitrogens is 4. The topological polar surface area (TPSA) is 55.6 Å². The quantitative estimate of drug-likeness (QED) is 0.815. The largest absolute Gasteiger partial charge is 0.309 e. The highest BCUT2D eigenvalue weighted by Crippen LogP contribution is 2.25. The van der Waals surface area contributed by atoms with E-state index in [0.717, 1.165) is 38.0 Å². The van der Waals surface area contributed by atoms with Crippen LogP contribution in [0.15, 0.2) is 6.07 Å². The Morgan fingerprint density at radius 1 is 1.24 bits per heavy atom. The van der Waals surface area contributed by atoms with Crippen LogP contribution in [0.1, 0.15) is 55.7 Å². The molecule has 2 rings (SSSR count). The van der Waals surface area contributed by atoms with E-state index in [2.05, 4.69) is 58.4 Å². The Morgan fingerprint density at radius 3 is 2.67 bits per heavy atom. The highest BCUT2D eigenvalue weighted by molar-refractivity contribution is 7.05. The van der Waals surface area contributed by atoms with Crippen molar-refractivity contribution in [2.24, 2.45) is 0 Å². The maximum absolute atomic E-state index is 4.65. The number of hydrogen-bond donors (Lipinski definition) is 1. The van der Waals surface area contributed by atoms with Gasteiger partial charge in [-0.25, -0.2) is 0 Å². The van der Waals surface area contributed by atoms with Crippen LogP contribution in [0, 0.1) is 0 Å². The normalized spacial score (nSPS) is 12.8. The maximum atomic E-state index is 4.65. The fourth-order valence-corrected chi connectivity index (χ4v) is 3.38. The molecule has 0 fully saturated rings. The minimum atomic E-state index is 0.275. The summed E-state index contributed by atoms with van der Waals surface area (Å²) in [4.78, 5) is 1.27. The lowest BCUT2D eigenvalue weighted by Gasteiger charge is -2.17. The fourth-order valence-electron chi connectivity index (χ4n) is 2.56. The molecule has 0 aliphatic rings. The van der Waals surface area contributed by atoms with E-state index in [-0.39, 0.29) is 6.04 Å². The summed E-state index contributed by atoms with van der Waals surface area (Å²) < 4.78 is 6.25. The van der Waals surface area contributed by atoms with Crippen molar-refractivity contribution in [3.8, 4) is 0 Å². The molecule has 0 amide bonds. The molecule has 0 saturated heterocycles. The Balaban J connectivity index is 2.26. The molecule has 1 atom stereocenters. The fraction of sp³-hybridized carbons (Fsp3) is 0.667. The molecule has 0 bridgehead atoms. The predicted octanol–water partition coefficient (Wildman–Crippen LogP) is 2.77. The monoisotopic (exact) mass is 307 g/mol. The van der Waals surface area contributed by atoms with Crippen LogP contribution in [0.2, 0.25) is 0 Å². The third kappa shape index (κ3) is 3.68. The molecule has 2 aromatic rings. The van der Waals surface area contributed by atoms with E-state index in [0.29, 0.717) is 0 Å². The number of rotatable bonds is 8. The molecule has 2 heterocycles. The van der Waals surface area contributed by atoms with Crippen LogP contribution in [0.4, 0.5) is 0 Å². The highest BCUT2D eigenvalue weighted by Gasteiger charge is 2.20. The molecule has 0 aromatic carbocycles. The van der Waals surface area contributed by atoms with Crippen molar-refractivity contribution in [3.63, 3.8) is 0 Å². The average molecular weight is 307 g/mol. The van der Waals surface area contributed by atoms with E-state index in [9.17, 15) is 0 Å². The van der Waals surface area contributed by atoms with Gasteiger partial charge in [-0.1, -0.05) is 25.3 Å². The van der Waals surface area contributed by atoms with E-state index in [1.165, 1.54) is 27.8 Å². The van der Waals surface area contributed by atoms with Crippen molar-refractivity contribution in [2.45, 2.75) is 59.5 Å². The third-order valence-electron chi connectivity index (χ3n) is 3.68. The van der Waals surface area contributed by atoms with Crippen LogP contribution in [0.3, 0.4) is 0 Å². The summed E-state index contributed by atoms with van der Waals surface area (Å²) in [7, 11) is 0. The van der Waals surface area contributed by atoms with Crippen LogP contribution in [-0.4, -0.2) is 25.9 Å². The molecule has 6 heteroatoms. The summed E-state index contributed by atoms with van der Waals surface area (Å²) in [5, 5.41) is 12.5. The van der Waals surface area contributed by atoms with Crippen molar-refractivity contribution in [3.05, 3.63) is 28.0 Å². The molecule has 2 aromatic heterocycles. The summed E-state index contributed by atoms with van der Waals surface area (Å²) >= 11 is 1.51. The minimum Gasteiger partial charge on any atom is -0.309 e. The average Bonchev–Trinajstić information content (AvgIpc) is 3.12. The Labute approximate surface area is 130 Å². The van der Waals surface area contributed by atoms with Crippen LogP contribution in [0.5, 0.6) is 0 Å². The standard InChI is InChI=1S/C15H25N5S/c1-5-11-9-12(20(8-4)18-11)10-14(16-7-3)15-13(6-2)17-19-21-15/h9,14,16H,5-8,10H2,1-4H3. The van der Waals surface area contributed by atoms with Crippen molar-refractivity contribution in [1.29, 1.82) is 0 Å². The van der Waals surface area contributed by atoms with Gasteiger partial charge in [-0.15, -0.1) is 5.10 Å². The molecule has 0 saturated carbocycles. The van der Waals surface area contributed by atoms with Gasteiger partial charge in [0.2, 0.25) is 0 Å². The zero-order chi connectivity index (χ0) is 15.2. The van der Waals surface area contributed by atoms with E-state index in [1.807, 2.05) is 0 Å². The number of likely N-dealkylation sites (N-methyl/N-ethyl adjacent to an activating group) is 1. The van der Waals surface area contributed by atoms with Gasteiger partial charge in [0.25, 0.3) is 0 Å². The van der Waals surface area contributed by atoms with E-state index >= 15 is 0 Å². The van der Waals surface area contributed by atoms with Crippen LogP contribution in [0.25, 0.3) is 0 Å².